The average Bonchev–Trinajstić information content (AvgIpc) is 2.94. The van der Waals surface area contributed by atoms with Crippen LogP contribution >= 0.6 is 0 Å². The number of rotatable bonds is 10. The van der Waals surface area contributed by atoms with Gasteiger partial charge in [0.25, 0.3) is 0 Å². The van der Waals surface area contributed by atoms with Crippen molar-refractivity contribution in [1.29, 1.82) is 0 Å². The summed E-state index contributed by atoms with van der Waals surface area (Å²) in [5.74, 6) is -4.59. The molecule has 234 valence electrons. The van der Waals surface area contributed by atoms with E-state index in [1.807, 2.05) is 18.5 Å². The van der Waals surface area contributed by atoms with Crippen molar-refractivity contribution in [3.8, 4) is 0 Å². The molecule has 3 heterocycles. The van der Waals surface area contributed by atoms with Gasteiger partial charge in [0.1, 0.15) is 5.82 Å². The molecule has 1 aromatic carbocycles. The number of aromatic nitrogens is 2. The summed E-state index contributed by atoms with van der Waals surface area (Å²) in [6.45, 7) is 5.86. The van der Waals surface area contributed by atoms with Crippen LogP contribution in [0.25, 0.3) is 0 Å². The fourth-order valence-electron chi connectivity index (χ4n) is 5.40. The molecule has 0 bridgehead atoms. The number of carbonyl (C=O) groups is 4. The lowest BCUT2D eigenvalue weighted by Crippen LogP contribution is -2.52. The molecule has 2 aromatic rings. The third kappa shape index (κ3) is 9.41. The van der Waals surface area contributed by atoms with Crippen LogP contribution in [0.4, 0.5) is 10.3 Å². The van der Waals surface area contributed by atoms with Crippen molar-refractivity contribution in [2.75, 3.05) is 31.1 Å². The summed E-state index contributed by atoms with van der Waals surface area (Å²) in [5, 5.41) is 36.9. The fraction of sp³-hybridized carbons (Fsp3) is 0.517. The van der Waals surface area contributed by atoms with Crippen molar-refractivity contribution >= 4 is 29.8 Å². The molecule has 0 saturated carbocycles. The average molecular weight is 604 g/mol. The maximum Gasteiger partial charge on any atom is 0.336 e. The lowest BCUT2D eigenvalue weighted by molar-refractivity contribution is -0.170. The Hall–Kier alpha value is -4.17. The number of nitrogens with zero attached hydrogens (tertiary/aromatic N) is 4. The first kappa shape index (κ1) is 33.3. The van der Waals surface area contributed by atoms with E-state index in [4.69, 9.17) is 20.4 Å². The molecule has 2 saturated heterocycles. The Bertz CT molecular complexity index is 1260. The Morgan fingerprint density at radius 2 is 1.49 bits per heavy atom. The summed E-state index contributed by atoms with van der Waals surface area (Å²) in [6.07, 6.45) is 6.58. The number of carboxylic acids is 3. The van der Waals surface area contributed by atoms with Gasteiger partial charge >= 0.3 is 17.9 Å². The van der Waals surface area contributed by atoms with Crippen molar-refractivity contribution < 1.29 is 44.0 Å². The minimum atomic E-state index is -2.74. The lowest BCUT2D eigenvalue weighted by atomic mass is 9.80. The largest absolute Gasteiger partial charge is 0.481 e. The van der Waals surface area contributed by atoms with Gasteiger partial charge in [-0.15, -0.1) is 0 Å². The Morgan fingerprint density at radius 3 is 1.98 bits per heavy atom. The number of anilines is 1. The number of piperidine rings is 2. The molecule has 0 atom stereocenters. The summed E-state index contributed by atoms with van der Waals surface area (Å²) in [6, 6.07) is 6.76. The van der Waals surface area contributed by atoms with Gasteiger partial charge in [-0.2, -0.15) is 0 Å². The summed E-state index contributed by atoms with van der Waals surface area (Å²) >= 11 is 0. The summed E-state index contributed by atoms with van der Waals surface area (Å²) in [5.41, 5.74) is -1.73. The second kappa shape index (κ2) is 14.8. The van der Waals surface area contributed by atoms with Crippen molar-refractivity contribution in [2.24, 2.45) is 0 Å². The van der Waals surface area contributed by atoms with Gasteiger partial charge in [-0.1, -0.05) is 18.2 Å². The molecule has 5 N–H and O–H groups in total. The molecular weight excluding hydrogens is 565 g/mol. The normalized spacial score (nSPS) is 16.9. The summed E-state index contributed by atoms with van der Waals surface area (Å²) in [4.78, 5) is 56.1. The number of carboxylic acid groups (broad SMARTS) is 3. The Morgan fingerprint density at radius 1 is 0.930 bits per heavy atom. The predicted octanol–water partition coefficient (Wildman–Crippen LogP) is 1.98. The number of hydrogen-bond donors (Lipinski definition) is 5. The second-order valence-electron chi connectivity index (χ2n) is 10.9. The first-order chi connectivity index (χ1) is 20.3. The molecule has 0 aliphatic carbocycles. The quantitative estimate of drug-likeness (QED) is 0.266. The van der Waals surface area contributed by atoms with Gasteiger partial charge in [0.15, 0.2) is 5.60 Å². The van der Waals surface area contributed by atoms with E-state index in [-0.39, 0.29) is 11.7 Å². The number of hydrogen-bond acceptors (Lipinski definition) is 9. The first-order valence-corrected chi connectivity index (χ1v) is 14.0. The smallest absolute Gasteiger partial charge is 0.336 e. The van der Waals surface area contributed by atoms with Crippen LogP contribution in [-0.4, -0.2) is 90.9 Å². The van der Waals surface area contributed by atoms with Gasteiger partial charge < -0.3 is 30.6 Å². The van der Waals surface area contributed by atoms with Crippen LogP contribution in [0.3, 0.4) is 0 Å². The van der Waals surface area contributed by atoms with Gasteiger partial charge in [0.05, 0.1) is 18.4 Å². The minimum Gasteiger partial charge on any atom is -0.481 e. The molecule has 1 amide bonds. The molecule has 14 heteroatoms. The molecule has 0 spiro atoms. The van der Waals surface area contributed by atoms with Crippen LogP contribution in [0.5, 0.6) is 0 Å². The topological polar surface area (TPSA) is 193 Å². The number of halogens is 1. The highest BCUT2D eigenvalue weighted by Crippen LogP contribution is 2.35. The third-order valence-corrected chi connectivity index (χ3v) is 7.54. The predicted molar refractivity (Wildman–Crippen MR) is 152 cm³/mol. The van der Waals surface area contributed by atoms with Crippen LogP contribution in [0, 0.1) is 5.82 Å². The van der Waals surface area contributed by atoms with Crippen LogP contribution in [-0.2, 0) is 31.3 Å². The van der Waals surface area contributed by atoms with Crippen LogP contribution < -0.4 is 10.2 Å². The third-order valence-electron chi connectivity index (χ3n) is 7.54. The van der Waals surface area contributed by atoms with E-state index in [0.717, 1.165) is 44.2 Å². The second-order valence-corrected chi connectivity index (χ2v) is 10.9. The molecule has 2 aliphatic heterocycles. The molecular formula is C29H38FN5O8. The number of likely N-dealkylation sites (tertiary alicyclic amines) is 1. The van der Waals surface area contributed by atoms with Gasteiger partial charge in [-0.3, -0.25) is 19.3 Å². The van der Waals surface area contributed by atoms with E-state index in [2.05, 4.69) is 25.1 Å². The molecule has 2 aliphatic rings. The van der Waals surface area contributed by atoms with Crippen LogP contribution in [0.2, 0.25) is 0 Å². The number of aliphatic hydroxyl groups is 1. The summed E-state index contributed by atoms with van der Waals surface area (Å²) < 4.78 is 14.5. The standard InChI is InChI=1S/C23H30FN5O.C6H8O7/c1-18(30)27-23(20-7-3-4-8-21(20)24)9-13-28(14-10-23)17-19-15-25-22(26-16-19)29-11-5-2-6-12-29;7-3(8)1-6(13,5(11)12)2-4(9)10/h3-4,7-8,15-16H,2,5-6,9-14,17H2,1H3,(H,27,30);13H,1-2H2,(H,7,8)(H,9,10)(H,11,12). The number of amides is 1. The minimum absolute atomic E-state index is 0.131. The Balaban J connectivity index is 0.000000331. The summed E-state index contributed by atoms with van der Waals surface area (Å²) in [7, 11) is 0. The molecule has 0 unspecified atom stereocenters. The highest BCUT2D eigenvalue weighted by Gasteiger charge is 2.41. The fourth-order valence-corrected chi connectivity index (χ4v) is 5.40. The molecule has 2 fully saturated rings. The van der Waals surface area contributed by atoms with E-state index >= 15 is 0 Å². The zero-order valence-electron chi connectivity index (χ0n) is 24.0. The number of benzene rings is 1. The van der Waals surface area contributed by atoms with E-state index in [9.17, 15) is 23.6 Å². The van der Waals surface area contributed by atoms with Crippen LogP contribution in [0.15, 0.2) is 36.7 Å². The maximum absolute atomic E-state index is 14.5. The number of carbonyl (C=O) groups excluding carboxylic acids is 1. The van der Waals surface area contributed by atoms with Gasteiger partial charge in [-0.25, -0.2) is 19.2 Å². The molecule has 13 nitrogen and oxygen atoms in total. The lowest BCUT2D eigenvalue weighted by Gasteiger charge is -2.42. The number of nitrogens with one attached hydrogen (secondary N) is 1. The van der Waals surface area contributed by atoms with E-state index < -0.39 is 41.9 Å². The zero-order chi connectivity index (χ0) is 31.6. The van der Waals surface area contributed by atoms with E-state index in [1.165, 1.54) is 32.3 Å². The molecule has 0 radical (unpaired) electrons. The van der Waals surface area contributed by atoms with Crippen molar-refractivity contribution in [2.45, 2.75) is 69.6 Å². The van der Waals surface area contributed by atoms with Gasteiger partial charge in [0, 0.05) is 63.2 Å². The number of aliphatic carboxylic acids is 3. The highest BCUT2D eigenvalue weighted by molar-refractivity contribution is 5.88. The van der Waals surface area contributed by atoms with Crippen molar-refractivity contribution in [3.05, 3.63) is 53.6 Å². The molecule has 43 heavy (non-hydrogen) atoms. The molecule has 1 aromatic heterocycles. The molecule has 4 rings (SSSR count). The van der Waals surface area contributed by atoms with Crippen molar-refractivity contribution in [1.82, 2.24) is 20.2 Å². The zero-order valence-corrected chi connectivity index (χ0v) is 24.0. The maximum atomic E-state index is 14.5. The Kier molecular flexibility index (Phi) is 11.5. The van der Waals surface area contributed by atoms with Crippen LogP contribution in [0.1, 0.15) is 63.0 Å². The Labute approximate surface area is 248 Å². The first-order valence-electron chi connectivity index (χ1n) is 14.0. The van der Waals surface area contributed by atoms with Gasteiger partial charge in [-0.05, 0) is 38.2 Å². The van der Waals surface area contributed by atoms with Gasteiger partial charge in [0.2, 0.25) is 11.9 Å². The van der Waals surface area contributed by atoms with Crippen molar-refractivity contribution in [3.63, 3.8) is 0 Å². The van der Waals surface area contributed by atoms with E-state index in [1.54, 1.807) is 12.1 Å². The van der Waals surface area contributed by atoms with E-state index in [0.29, 0.717) is 18.4 Å². The SMILES string of the molecule is CC(=O)NC1(c2ccccc2F)CCN(Cc2cnc(N3CCCCC3)nc2)CC1.O=C(O)CC(O)(CC(=O)O)C(=O)O. The highest BCUT2D eigenvalue weighted by atomic mass is 19.1. The monoisotopic (exact) mass is 603 g/mol.